The van der Waals surface area contributed by atoms with Gasteiger partial charge in [0.05, 0.1) is 0 Å². The quantitative estimate of drug-likeness (QED) is 0.683. The third kappa shape index (κ3) is 3.99. The summed E-state index contributed by atoms with van der Waals surface area (Å²) in [6.45, 7) is 0. The predicted molar refractivity (Wildman–Crippen MR) is 71.0 cm³/mol. The van der Waals surface area contributed by atoms with Gasteiger partial charge < -0.3 is 5.32 Å². The van der Waals surface area contributed by atoms with Crippen molar-refractivity contribution < 1.29 is 17.2 Å². The number of hydrogen-bond donors (Lipinski definition) is 1. The first kappa shape index (κ1) is 15.4. The van der Waals surface area contributed by atoms with E-state index in [0.717, 1.165) is 6.26 Å². The van der Waals surface area contributed by atoms with Crippen molar-refractivity contribution in [3.63, 3.8) is 0 Å². The molecule has 20 heavy (non-hydrogen) atoms. The Morgan fingerprint density at radius 1 is 1.35 bits per heavy atom. The van der Waals surface area contributed by atoms with Gasteiger partial charge >= 0.3 is 0 Å². The van der Waals surface area contributed by atoms with Gasteiger partial charge in [-0.1, -0.05) is 11.6 Å². The number of halogens is 3. The van der Waals surface area contributed by atoms with Gasteiger partial charge in [0.15, 0.2) is 0 Å². The summed E-state index contributed by atoms with van der Waals surface area (Å²) in [5, 5.41) is 2.55. The van der Waals surface area contributed by atoms with Gasteiger partial charge in [-0.25, -0.2) is 27.2 Å². The van der Waals surface area contributed by atoms with E-state index in [1.54, 1.807) is 0 Å². The van der Waals surface area contributed by atoms with Gasteiger partial charge in [-0.3, -0.25) is 0 Å². The molecule has 1 aliphatic carbocycles. The Labute approximate surface area is 120 Å². The Bertz CT molecular complexity index is 600. The van der Waals surface area contributed by atoms with Gasteiger partial charge in [-0.15, -0.1) is 0 Å². The molecule has 1 saturated carbocycles. The Kier molecular flexibility index (Phi) is 4.15. The van der Waals surface area contributed by atoms with Gasteiger partial charge in [-0.2, -0.15) is 0 Å². The molecule has 2 rings (SSSR count). The number of alkyl halides is 2. The van der Waals surface area contributed by atoms with E-state index in [1.165, 1.54) is 6.07 Å². The zero-order valence-corrected chi connectivity index (χ0v) is 12.3. The maximum absolute atomic E-state index is 13.0. The lowest BCUT2D eigenvalue weighted by atomic mass is 9.92. The monoisotopic (exact) mass is 325 g/mol. The Morgan fingerprint density at radius 2 is 1.95 bits per heavy atom. The minimum absolute atomic E-state index is 0.0101. The molecule has 0 saturated heterocycles. The SMILES string of the molecule is CS(=O)(=O)c1nc(Cl)cc(NC2CCC(F)(F)CC2)n1. The molecule has 112 valence electrons. The molecule has 1 heterocycles. The maximum Gasteiger partial charge on any atom is 0.250 e. The maximum atomic E-state index is 13.0. The molecule has 0 aromatic carbocycles. The highest BCUT2D eigenvalue weighted by atomic mass is 35.5. The summed E-state index contributed by atoms with van der Waals surface area (Å²) >= 11 is 5.74. The van der Waals surface area contributed by atoms with Crippen LogP contribution in [0.2, 0.25) is 5.15 Å². The zero-order valence-electron chi connectivity index (χ0n) is 10.7. The highest BCUT2D eigenvalue weighted by Crippen LogP contribution is 2.34. The molecule has 1 aromatic rings. The van der Waals surface area contributed by atoms with Crippen molar-refractivity contribution in [2.45, 2.75) is 42.8 Å². The topological polar surface area (TPSA) is 72.0 Å². The molecule has 0 bridgehead atoms. The first-order valence-corrected chi connectivity index (χ1v) is 8.32. The van der Waals surface area contributed by atoms with Gasteiger partial charge in [0.25, 0.3) is 0 Å². The number of aromatic nitrogens is 2. The number of nitrogens with one attached hydrogen (secondary N) is 1. The summed E-state index contributed by atoms with van der Waals surface area (Å²) in [5.74, 6) is -2.37. The van der Waals surface area contributed by atoms with Crippen LogP contribution in [0.4, 0.5) is 14.6 Å². The van der Waals surface area contributed by atoms with Crippen LogP contribution in [-0.4, -0.2) is 36.6 Å². The van der Waals surface area contributed by atoms with Crippen LogP contribution in [0.5, 0.6) is 0 Å². The van der Waals surface area contributed by atoms with Gasteiger partial charge in [0.1, 0.15) is 11.0 Å². The normalized spacial score (nSPS) is 19.8. The summed E-state index contributed by atoms with van der Waals surface area (Å²) in [4.78, 5) is 7.48. The van der Waals surface area contributed by atoms with E-state index < -0.39 is 15.8 Å². The lowest BCUT2D eigenvalue weighted by Crippen LogP contribution is -2.32. The van der Waals surface area contributed by atoms with E-state index in [0.29, 0.717) is 12.8 Å². The molecule has 1 fully saturated rings. The number of anilines is 1. The lowest BCUT2D eigenvalue weighted by Gasteiger charge is -2.29. The molecule has 0 unspecified atom stereocenters. The molecular formula is C11H14ClF2N3O2S. The van der Waals surface area contributed by atoms with E-state index in [1.807, 2.05) is 0 Å². The van der Waals surface area contributed by atoms with E-state index in [4.69, 9.17) is 11.6 Å². The van der Waals surface area contributed by atoms with Crippen molar-refractivity contribution >= 4 is 27.3 Å². The number of hydrogen-bond acceptors (Lipinski definition) is 5. The summed E-state index contributed by atoms with van der Waals surface area (Å²) < 4.78 is 48.9. The molecule has 1 aromatic heterocycles. The largest absolute Gasteiger partial charge is 0.367 e. The van der Waals surface area contributed by atoms with Crippen LogP contribution < -0.4 is 5.32 Å². The second-order valence-electron chi connectivity index (χ2n) is 4.91. The molecule has 0 aliphatic heterocycles. The summed E-state index contributed by atoms with van der Waals surface area (Å²) in [6, 6.07) is 1.20. The molecule has 0 atom stereocenters. The number of nitrogens with zero attached hydrogens (tertiary/aromatic N) is 2. The van der Waals surface area contributed by atoms with Gasteiger partial charge in [0.2, 0.25) is 20.9 Å². The molecule has 5 nitrogen and oxygen atoms in total. The Morgan fingerprint density at radius 3 is 2.50 bits per heavy atom. The van der Waals surface area contributed by atoms with Crippen LogP contribution in [0.15, 0.2) is 11.2 Å². The number of rotatable bonds is 3. The van der Waals surface area contributed by atoms with Crippen LogP contribution in [-0.2, 0) is 9.84 Å². The first-order chi connectivity index (χ1) is 9.16. The van der Waals surface area contributed by atoms with E-state index in [2.05, 4.69) is 15.3 Å². The van der Waals surface area contributed by atoms with Crippen molar-refractivity contribution in [3.8, 4) is 0 Å². The number of sulfone groups is 1. The fraction of sp³-hybridized carbons (Fsp3) is 0.636. The third-order valence-corrected chi connectivity index (χ3v) is 4.11. The van der Waals surface area contributed by atoms with E-state index >= 15 is 0 Å². The van der Waals surface area contributed by atoms with E-state index in [9.17, 15) is 17.2 Å². The third-order valence-electron chi connectivity index (χ3n) is 3.08. The fourth-order valence-corrected chi connectivity index (χ4v) is 2.79. The molecule has 0 amide bonds. The molecule has 1 N–H and O–H groups in total. The van der Waals surface area contributed by atoms with Crippen LogP contribution >= 0.6 is 11.6 Å². The highest BCUT2D eigenvalue weighted by Gasteiger charge is 2.35. The van der Waals surface area contributed by atoms with Gasteiger partial charge in [-0.05, 0) is 12.8 Å². The summed E-state index contributed by atoms with van der Waals surface area (Å²) in [7, 11) is -3.57. The molecule has 1 aliphatic rings. The average Bonchev–Trinajstić information content (AvgIpc) is 2.30. The van der Waals surface area contributed by atoms with Crippen molar-refractivity contribution in [3.05, 3.63) is 11.2 Å². The second kappa shape index (κ2) is 5.40. The van der Waals surface area contributed by atoms with Crippen molar-refractivity contribution in [2.24, 2.45) is 0 Å². The minimum atomic E-state index is -3.57. The summed E-state index contributed by atoms with van der Waals surface area (Å²) in [5.41, 5.74) is 0. The Hall–Kier alpha value is -1.02. The zero-order chi connectivity index (χ0) is 15.0. The summed E-state index contributed by atoms with van der Waals surface area (Å²) in [6.07, 6.45) is 1.18. The fourth-order valence-electron chi connectivity index (χ4n) is 2.03. The molecule has 9 heteroatoms. The van der Waals surface area contributed by atoms with Gasteiger partial charge in [0, 0.05) is 31.2 Å². The average molecular weight is 326 g/mol. The predicted octanol–water partition coefficient (Wildman–Crippen LogP) is 2.52. The van der Waals surface area contributed by atoms with Crippen molar-refractivity contribution in [2.75, 3.05) is 11.6 Å². The lowest BCUT2D eigenvalue weighted by molar-refractivity contribution is -0.0361. The molecule has 0 spiro atoms. The standard InChI is InChI=1S/C11H14ClF2N3O2S/c1-20(18,19)10-16-8(12)6-9(17-10)15-7-2-4-11(13,14)5-3-7/h6-7H,2-5H2,1H3,(H,15,16,17). The molecular weight excluding hydrogens is 312 g/mol. The van der Waals surface area contributed by atoms with Crippen molar-refractivity contribution in [1.82, 2.24) is 9.97 Å². The van der Waals surface area contributed by atoms with Crippen molar-refractivity contribution in [1.29, 1.82) is 0 Å². The smallest absolute Gasteiger partial charge is 0.250 e. The van der Waals surface area contributed by atoms with Crippen LogP contribution in [0.3, 0.4) is 0 Å². The van der Waals surface area contributed by atoms with Crippen LogP contribution in [0.25, 0.3) is 0 Å². The first-order valence-electron chi connectivity index (χ1n) is 6.05. The minimum Gasteiger partial charge on any atom is -0.367 e. The highest BCUT2D eigenvalue weighted by molar-refractivity contribution is 7.90. The van der Waals surface area contributed by atoms with Crippen LogP contribution in [0, 0.1) is 0 Å². The van der Waals surface area contributed by atoms with Crippen LogP contribution in [0.1, 0.15) is 25.7 Å². The van der Waals surface area contributed by atoms with E-state index in [-0.39, 0.29) is 35.0 Å². The Balaban J connectivity index is 2.13. The second-order valence-corrected chi connectivity index (χ2v) is 7.20. The molecule has 0 radical (unpaired) electrons.